The highest BCUT2D eigenvalue weighted by molar-refractivity contribution is 5.91. The minimum absolute atomic E-state index is 0.0453. The van der Waals surface area contributed by atoms with Crippen molar-refractivity contribution in [2.24, 2.45) is 0 Å². The molecule has 0 spiro atoms. The molecule has 3 rings (SSSR count). The van der Waals surface area contributed by atoms with Crippen molar-refractivity contribution in [3.63, 3.8) is 0 Å². The van der Waals surface area contributed by atoms with Crippen LogP contribution in [-0.4, -0.2) is 11.4 Å². The van der Waals surface area contributed by atoms with E-state index in [1.807, 2.05) is 36.4 Å². The van der Waals surface area contributed by atoms with E-state index in [0.29, 0.717) is 23.0 Å². The summed E-state index contributed by atoms with van der Waals surface area (Å²) in [6.07, 6.45) is 0.734. The molecular formula is C25H26O2. The van der Waals surface area contributed by atoms with Gasteiger partial charge in [-0.3, -0.25) is 4.79 Å². The maximum Gasteiger partial charge on any atom is 0.153 e. The van der Waals surface area contributed by atoms with Crippen molar-refractivity contribution in [1.29, 1.82) is 0 Å². The Morgan fingerprint density at radius 1 is 0.741 bits per heavy atom. The van der Waals surface area contributed by atoms with E-state index in [1.165, 1.54) is 5.56 Å². The monoisotopic (exact) mass is 358 g/mol. The molecule has 0 aliphatic carbocycles. The average molecular weight is 358 g/mol. The molecule has 3 aromatic rings. The molecule has 0 saturated heterocycles. The lowest BCUT2D eigenvalue weighted by Crippen LogP contribution is -1.97. The summed E-state index contributed by atoms with van der Waals surface area (Å²) in [6.45, 7) is 8.59. The van der Waals surface area contributed by atoms with Crippen molar-refractivity contribution in [2.75, 3.05) is 0 Å². The Labute approximate surface area is 161 Å². The highest BCUT2D eigenvalue weighted by Gasteiger charge is 2.17. The Morgan fingerprint density at radius 2 is 1.26 bits per heavy atom. The topological polar surface area (TPSA) is 37.3 Å². The van der Waals surface area contributed by atoms with Crippen molar-refractivity contribution in [3.8, 4) is 28.0 Å². The first-order valence-electron chi connectivity index (χ1n) is 9.44. The van der Waals surface area contributed by atoms with Gasteiger partial charge in [-0.2, -0.15) is 0 Å². The lowest BCUT2D eigenvalue weighted by molar-refractivity contribution is 0.112. The van der Waals surface area contributed by atoms with Gasteiger partial charge in [-0.05, 0) is 51.8 Å². The van der Waals surface area contributed by atoms with Crippen LogP contribution in [0.5, 0.6) is 5.75 Å². The van der Waals surface area contributed by atoms with E-state index in [1.54, 1.807) is 6.07 Å². The van der Waals surface area contributed by atoms with Crippen molar-refractivity contribution in [3.05, 3.63) is 77.4 Å². The number of rotatable bonds is 5. The molecule has 0 atom stereocenters. The summed E-state index contributed by atoms with van der Waals surface area (Å²) in [5.41, 5.74) is 6.42. The first kappa shape index (κ1) is 18.9. The van der Waals surface area contributed by atoms with Gasteiger partial charge in [0.1, 0.15) is 5.75 Å². The summed E-state index contributed by atoms with van der Waals surface area (Å²) in [5, 5.41) is 10.8. The Hall–Kier alpha value is -2.87. The van der Waals surface area contributed by atoms with Crippen molar-refractivity contribution in [2.45, 2.75) is 39.5 Å². The van der Waals surface area contributed by atoms with Crippen LogP contribution in [0, 0.1) is 0 Å². The SMILES string of the molecule is CC(C)c1ccccc1-c1cc(C=O)c(O)c(-c2ccccc2C(C)C)c1. The van der Waals surface area contributed by atoms with E-state index >= 15 is 0 Å². The van der Waals surface area contributed by atoms with Gasteiger partial charge >= 0.3 is 0 Å². The summed E-state index contributed by atoms with van der Waals surface area (Å²) in [4.78, 5) is 11.7. The lowest BCUT2D eigenvalue weighted by Gasteiger charge is -2.18. The van der Waals surface area contributed by atoms with E-state index in [4.69, 9.17) is 0 Å². The molecule has 3 aromatic carbocycles. The van der Waals surface area contributed by atoms with Gasteiger partial charge in [0.2, 0.25) is 0 Å². The first-order chi connectivity index (χ1) is 12.9. The minimum atomic E-state index is 0.0453. The number of aldehydes is 1. The van der Waals surface area contributed by atoms with E-state index in [2.05, 4.69) is 45.9 Å². The van der Waals surface area contributed by atoms with Crippen LogP contribution in [0.4, 0.5) is 0 Å². The Morgan fingerprint density at radius 3 is 1.81 bits per heavy atom. The molecule has 0 radical (unpaired) electrons. The van der Waals surface area contributed by atoms with Crippen molar-refractivity contribution in [1.82, 2.24) is 0 Å². The molecule has 27 heavy (non-hydrogen) atoms. The number of carbonyl (C=O) groups is 1. The summed E-state index contributed by atoms with van der Waals surface area (Å²) in [7, 11) is 0. The molecule has 1 N–H and O–H groups in total. The number of benzene rings is 3. The number of phenolic OH excluding ortho intramolecular Hbond substituents is 1. The molecule has 0 aromatic heterocycles. The van der Waals surface area contributed by atoms with E-state index in [-0.39, 0.29) is 5.75 Å². The highest BCUT2D eigenvalue weighted by atomic mass is 16.3. The van der Waals surface area contributed by atoms with Crippen LogP contribution in [-0.2, 0) is 0 Å². The molecule has 0 aliphatic heterocycles. The standard InChI is InChI=1S/C25H26O2/c1-16(2)20-9-5-7-11-22(20)18-13-19(15-26)25(27)24(14-18)23-12-8-6-10-21(23)17(3)4/h5-17,27H,1-4H3. The van der Waals surface area contributed by atoms with Crippen LogP contribution in [0.2, 0.25) is 0 Å². The fraction of sp³-hybridized carbons (Fsp3) is 0.240. The third kappa shape index (κ3) is 3.66. The summed E-state index contributed by atoms with van der Waals surface area (Å²) >= 11 is 0. The first-order valence-corrected chi connectivity index (χ1v) is 9.44. The Balaban J connectivity index is 2.30. The molecule has 0 saturated carbocycles. The van der Waals surface area contributed by atoms with Crippen LogP contribution < -0.4 is 0 Å². The second-order valence-corrected chi connectivity index (χ2v) is 7.56. The van der Waals surface area contributed by atoms with E-state index in [9.17, 15) is 9.90 Å². The smallest absolute Gasteiger partial charge is 0.153 e. The highest BCUT2D eigenvalue weighted by Crippen LogP contribution is 2.40. The molecule has 0 heterocycles. The van der Waals surface area contributed by atoms with Gasteiger partial charge in [0.05, 0.1) is 5.56 Å². The molecule has 138 valence electrons. The zero-order valence-corrected chi connectivity index (χ0v) is 16.4. The predicted molar refractivity (Wildman–Crippen MR) is 113 cm³/mol. The number of hydrogen-bond acceptors (Lipinski definition) is 2. The number of hydrogen-bond donors (Lipinski definition) is 1. The average Bonchev–Trinajstić information content (AvgIpc) is 2.68. The van der Waals surface area contributed by atoms with Crippen LogP contribution in [0.15, 0.2) is 60.7 Å². The molecular weight excluding hydrogens is 332 g/mol. The summed E-state index contributed by atoms with van der Waals surface area (Å²) in [6, 6.07) is 20.1. The van der Waals surface area contributed by atoms with Crippen LogP contribution in [0.3, 0.4) is 0 Å². The Kier molecular flexibility index (Phi) is 5.46. The fourth-order valence-electron chi connectivity index (χ4n) is 3.62. The second kappa shape index (κ2) is 7.79. The number of carbonyl (C=O) groups excluding carboxylic acids is 1. The molecule has 0 fully saturated rings. The van der Waals surface area contributed by atoms with E-state index in [0.717, 1.165) is 28.5 Å². The third-order valence-corrected chi connectivity index (χ3v) is 5.03. The molecule has 0 unspecified atom stereocenters. The van der Waals surface area contributed by atoms with Crippen molar-refractivity contribution < 1.29 is 9.90 Å². The van der Waals surface area contributed by atoms with Crippen LogP contribution >= 0.6 is 0 Å². The number of aromatic hydroxyl groups is 1. The zero-order chi connectivity index (χ0) is 19.6. The predicted octanol–water partition coefficient (Wildman–Crippen LogP) is 6.79. The van der Waals surface area contributed by atoms with Crippen molar-refractivity contribution >= 4 is 6.29 Å². The van der Waals surface area contributed by atoms with Gasteiger partial charge in [-0.25, -0.2) is 0 Å². The third-order valence-electron chi connectivity index (χ3n) is 5.03. The van der Waals surface area contributed by atoms with E-state index < -0.39 is 0 Å². The molecule has 2 heteroatoms. The Bertz CT molecular complexity index is 968. The largest absolute Gasteiger partial charge is 0.507 e. The fourth-order valence-corrected chi connectivity index (χ4v) is 3.62. The van der Waals surface area contributed by atoms with Gasteiger partial charge in [0.15, 0.2) is 6.29 Å². The molecule has 0 aliphatic rings. The van der Waals surface area contributed by atoms with Gasteiger partial charge in [-0.15, -0.1) is 0 Å². The van der Waals surface area contributed by atoms with Gasteiger partial charge in [-0.1, -0.05) is 76.2 Å². The zero-order valence-electron chi connectivity index (χ0n) is 16.4. The molecule has 0 amide bonds. The second-order valence-electron chi connectivity index (χ2n) is 7.56. The van der Waals surface area contributed by atoms with Crippen LogP contribution in [0.1, 0.15) is 61.0 Å². The quantitative estimate of drug-likeness (QED) is 0.510. The van der Waals surface area contributed by atoms with Gasteiger partial charge in [0.25, 0.3) is 0 Å². The summed E-state index contributed by atoms with van der Waals surface area (Å²) < 4.78 is 0. The minimum Gasteiger partial charge on any atom is -0.507 e. The molecule has 2 nitrogen and oxygen atoms in total. The normalized spacial score (nSPS) is 11.2. The molecule has 0 bridgehead atoms. The maximum absolute atomic E-state index is 11.7. The van der Waals surface area contributed by atoms with Gasteiger partial charge < -0.3 is 5.11 Å². The summed E-state index contributed by atoms with van der Waals surface area (Å²) in [5.74, 6) is 0.719. The van der Waals surface area contributed by atoms with Gasteiger partial charge in [0, 0.05) is 5.56 Å². The van der Waals surface area contributed by atoms with Crippen LogP contribution in [0.25, 0.3) is 22.3 Å². The maximum atomic E-state index is 11.7. The lowest BCUT2D eigenvalue weighted by atomic mass is 9.87. The number of phenols is 1.